The molecule has 34 heavy (non-hydrogen) atoms. The van der Waals surface area contributed by atoms with Gasteiger partial charge in [-0.1, -0.05) is 48.5 Å². The molecule has 3 amide bonds. The van der Waals surface area contributed by atoms with Gasteiger partial charge in [0.25, 0.3) is 0 Å². The fraction of sp³-hybridized carbons (Fsp3) is 0.192. The highest BCUT2D eigenvalue weighted by atomic mass is 32.1. The topological polar surface area (TPSA) is 87.7 Å². The second-order valence-corrected chi connectivity index (χ2v) is 8.75. The quantitative estimate of drug-likeness (QED) is 0.489. The monoisotopic (exact) mass is 475 g/mol. The smallest absolute Gasteiger partial charge is 0.338 e. The molecule has 174 valence electrons. The van der Waals surface area contributed by atoms with Gasteiger partial charge < -0.3 is 15.4 Å². The van der Waals surface area contributed by atoms with Crippen molar-refractivity contribution in [2.24, 2.45) is 0 Å². The molecule has 0 spiro atoms. The van der Waals surface area contributed by atoms with Gasteiger partial charge in [-0.25, -0.2) is 9.59 Å². The Morgan fingerprint density at radius 1 is 1.06 bits per heavy atom. The van der Waals surface area contributed by atoms with Crippen molar-refractivity contribution >= 4 is 40.6 Å². The number of nitrogens with one attached hydrogen (secondary N) is 2. The zero-order valence-corrected chi connectivity index (χ0v) is 19.7. The first-order chi connectivity index (χ1) is 16.5. The third kappa shape index (κ3) is 5.02. The van der Waals surface area contributed by atoms with Crippen LogP contribution in [0.2, 0.25) is 0 Å². The molecule has 0 saturated carbocycles. The number of carbonyl (C=O) groups excluding carboxylic acids is 3. The number of rotatable bonds is 7. The highest BCUT2D eigenvalue weighted by Crippen LogP contribution is 2.36. The fourth-order valence-corrected chi connectivity index (χ4v) is 4.57. The van der Waals surface area contributed by atoms with Gasteiger partial charge in [-0.05, 0) is 41.6 Å². The van der Waals surface area contributed by atoms with Crippen LogP contribution in [0.25, 0.3) is 5.70 Å². The fourth-order valence-electron chi connectivity index (χ4n) is 3.87. The van der Waals surface area contributed by atoms with Crippen LogP contribution in [-0.4, -0.2) is 36.5 Å². The van der Waals surface area contributed by atoms with Crippen molar-refractivity contribution in [1.29, 1.82) is 0 Å². The molecule has 4 rings (SSSR count). The summed E-state index contributed by atoms with van der Waals surface area (Å²) in [6, 6.07) is 19.2. The Morgan fingerprint density at radius 2 is 1.79 bits per heavy atom. The summed E-state index contributed by atoms with van der Waals surface area (Å²) in [5.41, 5.74) is 2.93. The lowest BCUT2D eigenvalue weighted by molar-refractivity contribution is -0.139. The van der Waals surface area contributed by atoms with E-state index in [0.717, 1.165) is 10.4 Å². The number of urea groups is 1. The number of hydrogen-bond acceptors (Lipinski definition) is 5. The highest BCUT2D eigenvalue weighted by molar-refractivity contribution is 7.10. The van der Waals surface area contributed by atoms with Gasteiger partial charge >= 0.3 is 12.0 Å². The number of benzene rings is 2. The zero-order valence-electron chi connectivity index (χ0n) is 18.9. The van der Waals surface area contributed by atoms with Crippen LogP contribution in [0.4, 0.5) is 10.5 Å². The van der Waals surface area contributed by atoms with Gasteiger partial charge in [-0.3, -0.25) is 9.69 Å². The van der Waals surface area contributed by atoms with E-state index in [-0.39, 0.29) is 18.5 Å². The molecule has 1 unspecified atom stereocenters. The summed E-state index contributed by atoms with van der Waals surface area (Å²) >= 11 is 1.53. The van der Waals surface area contributed by atoms with E-state index in [0.29, 0.717) is 28.9 Å². The predicted molar refractivity (Wildman–Crippen MR) is 132 cm³/mol. The average Bonchev–Trinajstić information content (AvgIpc) is 3.34. The molecule has 7 nitrogen and oxygen atoms in total. The number of ether oxygens (including phenoxy) is 1. The van der Waals surface area contributed by atoms with E-state index in [1.54, 1.807) is 38.2 Å². The molecule has 0 bridgehead atoms. The van der Waals surface area contributed by atoms with E-state index in [9.17, 15) is 14.4 Å². The van der Waals surface area contributed by atoms with E-state index in [4.69, 9.17) is 4.74 Å². The molecule has 0 radical (unpaired) electrons. The van der Waals surface area contributed by atoms with Crippen LogP contribution in [0.5, 0.6) is 0 Å². The number of nitrogens with zero attached hydrogens (tertiary/aromatic N) is 1. The van der Waals surface area contributed by atoms with Crippen LogP contribution in [-0.2, 0) is 20.7 Å². The number of anilines is 1. The summed E-state index contributed by atoms with van der Waals surface area (Å²) < 4.78 is 5.36. The van der Waals surface area contributed by atoms with Crippen LogP contribution in [0, 0.1) is 0 Å². The van der Waals surface area contributed by atoms with E-state index >= 15 is 0 Å². The first kappa shape index (κ1) is 23.3. The van der Waals surface area contributed by atoms with Crippen molar-refractivity contribution in [2.75, 3.05) is 19.0 Å². The van der Waals surface area contributed by atoms with Gasteiger partial charge in [0.05, 0.1) is 30.3 Å². The second-order valence-electron chi connectivity index (χ2n) is 7.72. The average molecular weight is 476 g/mol. The normalized spacial score (nSPS) is 15.6. The van der Waals surface area contributed by atoms with Gasteiger partial charge in [-0.15, -0.1) is 11.3 Å². The van der Waals surface area contributed by atoms with Crippen molar-refractivity contribution in [1.82, 2.24) is 10.2 Å². The molecule has 0 fully saturated rings. The van der Waals surface area contributed by atoms with Gasteiger partial charge in [0, 0.05) is 17.6 Å². The lowest BCUT2D eigenvalue weighted by atomic mass is 9.92. The van der Waals surface area contributed by atoms with E-state index in [1.807, 2.05) is 47.8 Å². The number of hydrogen-bond donors (Lipinski definition) is 2. The minimum Gasteiger partial charge on any atom is -0.463 e. The minimum atomic E-state index is -0.700. The molecule has 0 aliphatic carbocycles. The molecular formula is C26H25N3O4S. The lowest BCUT2D eigenvalue weighted by Crippen LogP contribution is -2.46. The molecule has 0 saturated heterocycles. The van der Waals surface area contributed by atoms with E-state index < -0.39 is 12.0 Å². The Hall–Kier alpha value is -3.91. The Labute approximate surface area is 202 Å². The molecule has 1 aliphatic heterocycles. The third-order valence-corrected chi connectivity index (χ3v) is 6.31. The molecule has 1 atom stereocenters. The van der Waals surface area contributed by atoms with Crippen molar-refractivity contribution < 1.29 is 19.1 Å². The second kappa shape index (κ2) is 10.4. The van der Waals surface area contributed by atoms with E-state index in [1.165, 1.54) is 16.2 Å². The van der Waals surface area contributed by atoms with Gasteiger partial charge in [0.2, 0.25) is 5.91 Å². The first-order valence-corrected chi connectivity index (χ1v) is 11.8. The Morgan fingerprint density at radius 3 is 2.44 bits per heavy atom. The van der Waals surface area contributed by atoms with Gasteiger partial charge in [0.1, 0.15) is 0 Å². The lowest BCUT2D eigenvalue weighted by Gasteiger charge is -2.34. The summed E-state index contributed by atoms with van der Waals surface area (Å²) in [5.74, 6) is -0.604. The van der Waals surface area contributed by atoms with Crippen molar-refractivity contribution in [3.63, 3.8) is 0 Å². The molecule has 1 aliphatic rings. The molecule has 2 aromatic carbocycles. The largest absolute Gasteiger partial charge is 0.463 e. The van der Waals surface area contributed by atoms with Crippen LogP contribution in [0.3, 0.4) is 0 Å². The van der Waals surface area contributed by atoms with Crippen LogP contribution >= 0.6 is 11.3 Å². The SMILES string of the molecule is CCOC(=O)C1=C(c2ccccc2)N(C)C(=O)NC1c1ccc(NC(=O)Cc2cccs2)cc1. The number of amides is 3. The van der Waals surface area contributed by atoms with Crippen LogP contribution < -0.4 is 10.6 Å². The zero-order chi connectivity index (χ0) is 24.1. The van der Waals surface area contributed by atoms with Crippen molar-refractivity contribution in [2.45, 2.75) is 19.4 Å². The molecule has 3 aromatic rings. The summed E-state index contributed by atoms with van der Waals surface area (Å²) in [5, 5.41) is 7.72. The van der Waals surface area contributed by atoms with Gasteiger partial charge in [-0.2, -0.15) is 0 Å². The molecule has 2 heterocycles. The summed E-state index contributed by atoms with van der Waals surface area (Å²) in [6.07, 6.45) is 0.306. The summed E-state index contributed by atoms with van der Waals surface area (Å²) in [7, 11) is 1.62. The standard InChI is InChI=1S/C26H25N3O4S/c1-3-33-25(31)22-23(28-26(32)29(2)24(22)18-8-5-4-6-9-18)17-11-13-19(14-12-17)27-21(30)16-20-10-7-15-34-20/h4-15,23H,3,16H2,1-2H3,(H,27,30)(H,28,32). The molecule has 8 heteroatoms. The van der Waals surface area contributed by atoms with Crippen LogP contribution in [0.1, 0.15) is 29.0 Å². The van der Waals surface area contributed by atoms with Crippen molar-refractivity contribution in [3.8, 4) is 0 Å². The first-order valence-electron chi connectivity index (χ1n) is 10.9. The maximum Gasteiger partial charge on any atom is 0.338 e. The molecular weight excluding hydrogens is 450 g/mol. The summed E-state index contributed by atoms with van der Waals surface area (Å²) in [6.45, 7) is 1.96. The third-order valence-electron chi connectivity index (χ3n) is 5.44. The molecule has 2 N–H and O–H groups in total. The number of carbonyl (C=O) groups is 3. The van der Waals surface area contributed by atoms with Crippen molar-refractivity contribution in [3.05, 3.63) is 93.7 Å². The predicted octanol–water partition coefficient (Wildman–Crippen LogP) is 4.60. The maximum atomic E-state index is 13.1. The number of thiophene rings is 1. The Balaban J connectivity index is 1.66. The Kier molecular flexibility index (Phi) is 7.08. The number of esters is 1. The maximum absolute atomic E-state index is 13.1. The van der Waals surface area contributed by atoms with Gasteiger partial charge in [0.15, 0.2) is 0 Å². The summed E-state index contributed by atoms with van der Waals surface area (Å²) in [4.78, 5) is 40.6. The van der Waals surface area contributed by atoms with Crippen LogP contribution in [0.15, 0.2) is 77.7 Å². The molecule has 1 aromatic heterocycles. The minimum absolute atomic E-state index is 0.110. The highest BCUT2D eigenvalue weighted by Gasteiger charge is 2.37. The van der Waals surface area contributed by atoms with E-state index in [2.05, 4.69) is 10.6 Å². The Bertz CT molecular complexity index is 1200.